The van der Waals surface area contributed by atoms with E-state index < -0.39 is 16.1 Å². The summed E-state index contributed by atoms with van der Waals surface area (Å²) in [7, 11) is -3.90. The van der Waals surface area contributed by atoms with Gasteiger partial charge in [0.2, 0.25) is 0 Å². The second kappa shape index (κ2) is 6.58. The maximum absolute atomic E-state index is 11.7. The Balaban J connectivity index is 2.64. The lowest BCUT2D eigenvalue weighted by Crippen LogP contribution is -2.39. The van der Waals surface area contributed by atoms with E-state index >= 15 is 0 Å². The van der Waals surface area contributed by atoms with Crippen LogP contribution in [0.25, 0.3) is 0 Å². The highest BCUT2D eigenvalue weighted by Gasteiger charge is 2.16. The van der Waals surface area contributed by atoms with Gasteiger partial charge in [0.1, 0.15) is 0 Å². The molecule has 0 aliphatic carbocycles. The number of urea groups is 1. The largest absolute Gasteiger partial charge is 0.396 e. The number of halogens is 1. The van der Waals surface area contributed by atoms with Crippen LogP contribution in [0.1, 0.15) is 6.42 Å². The van der Waals surface area contributed by atoms with Crippen molar-refractivity contribution in [2.24, 2.45) is 0 Å². The van der Waals surface area contributed by atoms with Gasteiger partial charge in [-0.15, -0.1) is 0 Å². The molecule has 0 aromatic heterocycles. The van der Waals surface area contributed by atoms with Crippen molar-refractivity contribution in [3.05, 3.63) is 29.3 Å². The Kier molecular flexibility index (Phi) is 5.39. The molecule has 0 saturated heterocycles. The number of aliphatic hydroxyl groups excluding tert-OH is 1. The summed E-state index contributed by atoms with van der Waals surface area (Å²) in [5.74, 6) is 0. The molecule has 0 atom stereocenters. The average molecular weight is 293 g/mol. The van der Waals surface area contributed by atoms with E-state index in [9.17, 15) is 13.2 Å². The van der Waals surface area contributed by atoms with Crippen LogP contribution in [-0.4, -0.2) is 32.7 Å². The fraction of sp³-hybridized carbons (Fsp3) is 0.300. The van der Waals surface area contributed by atoms with Gasteiger partial charge in [0.15, 0.2) is 0 Å². The van der Waals surface area contributed by atoms with Gasteiger partial charge in [-0.3, -0.25) is 0 Å². The molecule has 1 rings (SSSR count). The number of carbonyl (C=O) groups excluding carboxylic acids is 1. The van der Waals surface area contributed by atoms with Crippen LogP contribution in [0.4, 0.5) is 4.79 Å². The molecule has 3 N–H and O–H groups in total. The zero-order valence-electron chi connectivity index (χ0n) is 9.39. The van der Waals surface area contributed by atoms with Gasteiger partial charge in [0.25, 0.3) is 10.0 Å². The highest BCUT2D eigenvalue weighted by molar-refractivity contribution is 7.90. The molecule has 0 spiro atoms. The normalized spacial score (nSPS) is 11.0. The van der Waals surface area contributed by atoms with Crippen LogP contribution < -0.4 is 10.0 Å². The van der Waals surface area contributed by atoms with Gasteiger partial charge >= 0.3 is 6.03 Å². The topological polar surface area (TPSA) is 95.5 Å². The number of amides is 2. The quantitative estimate of drug-likeness (QED) is 0.697. The van der Waals surface area contributed by atoms with Crippen molar-refractivity contribution < 1.29 is 18.3 Å². The summed E-state index contributed by atoms with van der Waals surface area (Å²) in [6.07, 6.45) is 0.356. The summed E-state index contributed by atoms with van der Waals surface area (Å²) >= 11 is 5.63. The van der Waals surface area contributed by atoms with Crippen LogP contribution in [0.2, 0.25) is 5.02 Å². The summed E-state index contributed by atoms with van der Waals surface area (Å²) in [6.45, 7) is 0.114. The second-order valence-electron chi connectivity index (χ2n) is 3.39. The first-order chi connectivity index (χ1) is 8.45. The van der Waals surface area contributed by atoms with Crippen molar-refractivity contribution >= 4 is 27.7 Å². The number of hydrogen-bond acceptors (Lipinski definition) is 4. The lowest BCUT2D eigenvalue weighted by atomic mass is 10.4. The van der Waals surface area contributed by atoms with E-state index in [1.54, 1.807) is 0 Å². The molecule has 0 bridgehead atoms. The number of nitrogens with one attached hydrogen (secondary N) is 2. The van der Waals surface area contributed by atoms with Crippen molar-refractivity contribution in [3.63, 3.8) is 0 Å². The zero-order chi connectivity index (χ0) is 13.6. The predicted molar refractivity (Wildman–Crippen MR) is 66.9 cm³/mol. The van der Waals surface area contributed by atoms with Gasteiger partial charge in [-0.2, -0.15) is 0 Å². The second-order valence-corrected chi connectivity index (χ2v) is 5.51. The van der Waals surface area contributed by atoms with E-state index in [2.05, 4.69) is 5.32 Å². The molecule has 0 heterocycles. The van der Waals surface area contributed by atoms with Gasteiger partial charge in [0, 0.05) is 18.2 Å². The van der Waals surface area contributed by atoms with E-state index in [0.29, 0.717) is 11.4 Å². The molecule has 18 heavy (non-hydrogen) atoms. The zero-order valence-corrected chi connectivity index (χ0v) is 11.0. The summed E-state index contributed by atoms with van der Waals surface area (Å²) in [5, 5.41) is 11.2. The van der Waals surface area contributed by atoms with Crippen molar-refractivity contribution in [1.29, 1.82) is 0 Å². The minimum absolute atomic E-state index is 0.0517. The maximum Gasteiger partial charge on any atom is 0.328 e. The van der Waals surface area contributed by atoms with Crippen molar-refractivity contribution in [1.82, 2.24) is 10.0 Å². The minimum atomic E-state index is -3.90. The van der Waals surface area contributed by atoms with E-state index in [0.717, 1.165) is 0 Å². The molecular formula is C10H13ClN2O4S. The number of hydrogen-bond donors (Lipinski definition) is 3. The van der Waals surface area contributed by atoms with Crippen LogP contribution in [0.5, 0.6) is 0 Å². The Labute approximate surface area is 110 Å². The lowest BCUT2D eigenvalue weighted by Gasteiger charge is -2.08. The fourth-order valence-corrected chi connectivity index (χ4v) is 2.17. The van der Waals surface area contributed by atoms with E-state index in [4.69, 9.17) is 16.7 Å². The van der Waals surface area contributed by atoms with Crippen LogP contribution >= 0.6 is 11.6 Å². The Morgan fingerprint density at radius 1 is 1.28 bits per heavy atom. The third kappa shape index (κ3) is 4.52. The number of benzene rings is 1. The number of carbonyl (C=O) groups is 1. The summed E-state index contributed by atoms with van der Waals surface area (Å²) in [6, 6.07) is 4.59. The number of aliphatic hydroxyl groups is 1. The molecular weight excluding hydrogens is 280 g/mol. The Morgan fingerprint density at radius 2 is 1.89 bits per heavy atom. The van der Waals surface area contributed by atoms with Gasteiger partial charge in [-0.05, 0) is 30.7 Å². The van der Waals surface area contributed by atoms with Gasteiger partial charge in [-0.25, -0.2) is 17.9 Å². The van der Waals surface area contributed by atoms with Gasteiger partial charge in [-0.1, -0.05) is 11.6 Å². The Hall–Kier alpha value is -1.31. The van der Waals surface area contributed by atoms with Crippen molar-refractivity contribution in [3.8, 4) is 0 Å². The van der Waals surface area contributed by atoms with Gasteiger partial charge in [0.05, 0.1) is 4.90 Å². The molecule has 0 aliphatic heterocycles. The van der Waals surface area contributed by atoms with E-state index in [1.807, 2.05) is 4.72 Å². The Bertz CT molecular complexity index is 501. The minimum Gasteiger partial charge on any atom is -0.396 e. The molecule has 0 aliphatic rings. The van der Waals surface area contributed by atoms with Crippen molar-refractivity contribution in [2.45, 2.75) is 11.3 Å². The van der Waals surface area contributed by atoms with Crippen LogP contribution in [0.15, 0.2) is 29.2 Å². The monoisotopic (exact) mass is 292 g/mol. The summed E-state index contributed by atoms with van der Waals surface area (Å²) in [5.41, 5.74) is 0. The molecule has 100 valence electrons. The predicted octanol–water partition coefficient (Wildman–Crippen LogP) is 0.710. The van der Waals surface area contributed by atoms with Crippen LogP contribution in [0.3, 0.4) is 0 Å². The maximum atomic E-state index is 11.7. The first-order valence-electron chi connectivity index (χ1n) is 5.13. The Morgan fingerprint density at radius 3 is 2.44 bits per heavy atom. The third-order valence-corrected chi connectivity index (χ3v) is 3.57. The SMILES string of the molecule is O=C(NCCCO)NS(=O)(=O)c1ccc(Cl)cc1. The number of sulfonamides is 1. The molecule has 0 fully saturated rings. The van der Waals surface area contributed by atoms with E-state index in [1.165, 1.54) is 24.3 Å². The van der Waals surface area contributed by atoms with Crippen LogP contribution in [0, 0.1) is 0 Å². The molecule has 0 saturated carbocycles. The molecule has 1 aromatic rings. The smallest absolute Gasteiger partial charge is 0.328 e. The first-order valence-corrected chi connectivity index (χ1v) is 6.99. The standard InChI is InChI=1S/C10H13ClN2O4S/c11-8-2-4-9(5-3-8)18(16,17)13-10(15)12-6-1-7-14/h2-5,14H,1,6-7H2,(H2,12,13,15). The fourth-order valence-electron chi connectivity index (χ4n) is 1.11. The molecule has 0 radical (unpaired) electrons. The summed E-state index contributed by atoms with van der Waals surface area (Å²) in [4.78, 5) is 11.2. The summed E-state index contributed by atoms with van der Waals surface area (Å²) < 4.78 is 25.3. The van der Waals surface area contributed by atoms with Gasteiger partial charge < -0.3 is 10.4 Å². The highest BCUT2D eigenvalue weighted by atomic mass is 35.5. The van der Waals surface area contributed by atoms with E-state index in [-0.39, 0.29) is 18.0 Å². The number of rotatable bonds is 5. The first kappa shape index (κ1) is 14.7. The molecule has 6 nitrogen and oxygen atoms in total. The molecule has 8 heteroatoms. The lowest BCUT2D eigenvalue weighted by molar-refractivity contribution is 0.243. The highest BCUT2D eigenvalue weighted by Crippen LogP contribution is 2.13. The molecule has 1 aromatic carbocycles. The molecule has 2 amide bonds. The third-order valence-electron chi connectivity index (χ3n) is 1.97. The average Bonchev–Trinajstić information content (AvgIpc) is 2.29. The molecule has 0 unspecified atom stereocenters. The van der Waals surface area contributed by atoms with Crippen molar-refractivity contribution in [2.75, 3.05) is 13.2 Å². The van der Waals surface area contributed by atoms with Crippen LogP contribution in [-0.2, 0) is 10.0 Å².